The molecule has 0 saturated heterocycles. The average Bonchev–Trinajstić information content (AvgIpc) is 1.88. The van der Waals surface area contributed by atoms with Crippen molar-refractivity contribution in [3.05, 3.63) is 37.0 Å². The molecule has 52 valence electrons. The summed E-state index contributed by atoms with van der Waals surface area (Å²) in [6.07, 6.45) is 7.95. The van der Waals surface area contributed by atoms with Gasteiger partial charge >= 0.3 is 0 Å². The minimum absolute atomic E-state index is 0. The Balaban J connectivity index is 0. The standard InChI is InChI=1S/C9H14.H2/c1-4-7-9(6-3)8-5-2;/h4,6-7H,1,3,5,8H2,2H3;1H/b9-7+;. The SMILES string of the molecule is C=C/C=C(\C=C)CCC.[HH]. The van der Waals surface area contributed by atoms with Crippen molar-refractivity contribution >= 4 is 0 Å². The molecule has 0 unspecified atom stereocenters. The van der Waals surface area contributed by atoms with Crippen LogP contribution in [0.4, 0.5) is 0 Å². The van der Waals surface area contributed by atoms with E-state index in [-0.39, 0.29) is 1.43 Å². The van der Waals surface area contributed by atoms with Crippen molar-refractivity contribution in [1.29, 1.82) is 0 Å². The van der Waals surface area contributed by atoms with E-state index in [1.165, 1.54) is 12.0 Å². The van der Waals surface area contributed by atoms with Crippen LogP contribution in [0.1, 0.15) is 21.2 Å². The van der Waals surface area contributed by atoms with Gasteiger partial charge in [0.1, 0.15) is 0 Å². The van der Waals surface area contributed by atoms with E-state index in [0.717, 1.165) is 6.42 Å². The van der Waals surface area contributed by atoms with Gasteiger partial charge in [0.05, 0.1) is 0 Å². The van der Waals surface area contributed by atoms with Gasteiger partial charge in [-0.1, -0.05) is 44.7 Å². The summed E-state index contributed by atoms with van der Waals surface area (Å²) in [5.74, 6) is 0. The second-order valence-corrected chi connectivity index (χ2v) is 1.93. The zero-order chi connectivity index (χ0) is 7.11. The maximum Gasteiger partial charge on any atom is 0 e. The van der Waals surface area contributed by atoms with E-state index in [2.05, 4.69) is 20.1 Å². The molecule has 9 heavy (non-hydrogen) atoms. The first-order valence-electron chi connectivity index (χ1n) is 3.29. The van der Waals surface area contributed by atoms with Gasteiger partial charge in [0.2, 0.25) is 0 Å². The lowest BCUT2D eigenvalue weighted by Crippen LogP contribution is -1.73. The third kappa shape index (κ3) is 3.77. The molecule has 0 aliphatic carbocycles. The summed E-state index contributed by atoms with van der Waals surface area (Å²) in [6, 6.07) is 0. The van der Waals surface area contributed by atoms with E-state index in [0.29, 0.717) is 0 Å². The molecule has 0 N–H and O–H groups in total. The van der Waals surface area contributed by atoms with Crippen molar-refractivity contribution in [3.63, 3.8) is 0 Å². The van der Waals surface area contributed by atoms with Gasteiger partial charge in [0.15, 0.2) is 0 Å². The zero-order valence-electron chi connectivity index (χ0n) is 6.06. The van der Waals surface area contributed by atoms with Crippen molar-refractivity contribution in [2.24, 2.45) is 0 Å². The van der Waals surface area contributed by atoms with E-state index >= 15 is 0 Å². The molecule has 0 saturated carbocycles. The fourth-order valence-electron chi connectivity index (χ4n) is 0.693. The van der Waals surface area contributed by atoms with Crippen LogP contribution >= 0.6 is 0 Å². The van der Waals surface area contributed by atoms with Crippen LogP contribution in [-0.2, 0) is 0 Å². The van der Waals surface area contributed by atoms with Crippen molar-refractivity contribution in [2.75, 3.05) is 0 Å². The first kappa shape index (κ1) is 8.22. The molecule has 0 bridgehead atoms. The summed E-state index contributed by atoms with van der Waals surface area (Å²) in [5, 5.41) is 0. The summed E-state index contributed by atoms with van der Waals surface area (Å²) in [7, 11) is 0. The minimum atomic E-state index is 0. The number of allylic oxidation sites excluding steroid dienone is 4. The van der Waals surface area contributed by atoms with Crippen molar-refractivity contribution in [2.45, 2.75) is 19.8 Å². The summed E-state index contributed by atoms with van der Waals surface area (Å²) in [4.78, 5) is 0. The maximum absolute atomic E-state index is 3.68. The quantitative estimate of drug-likeness (QED) is 0.504. The zero-order valence-corrected chi connectivity index (χ0v) is 6.06. The van der Waals surface area contributed by atoms with Crippen LogP contribution in [0.5, 0.6) is 0 Å². The second kappa shape index (κ2) is 5.36. The molecule has 0 atom stereocenters. The van der Waals surface area contributed by atoms with Gasteiger partial charge in [0.25, 0.3) is 0 Å². The van der Waals surface area contributed by atoms with Crippen LogP contribution in [0.15, 0.2) is 37.0 Å². The summed E-state index contributed by atoms with van der Waals surface area (Å²) < 4.78 is 0. The second-order valence-electron chi connectivity index (χ2n) is 1.93. The highest BCUT2D eigenvalue weighted by atomic mass is 13.9. The third-order valence-electron chi connectivity index (χ3n) is 1.13. The lowest BCUT2D eigenvalue weighted by molar-refractivity contribution is 0.927. The van der Waals surface area contributed by atoms with E-state index < -0.39 is 0 Å². The van der Waals surface area contributed by atoms with Crippen molar-refractivity contribution in [3.8, 4) is 0 Å². The maximum atomic E-state index is 3.68. The molecule has 0 nitrogen and oxygen atoms in total. The Morgan fingerprint density at radius 2 is 2.22 bits per heavy atom. The molecule has 0 heterocycles. The molecular formula is C9H16. The van der Waals surface area contributed by atoms with Gasteiger partial charge in [-0.2, -0.15) is 0 Å². The predicted octanol–water partition coefficient (Wildman–Crippen LogP) is 3.33. The van der Waals surface area contributed by atoms with Crippen LogP contribution in [0.3, 0.4) is 0 Å². The van der Waals surface area contributed by atoms with E-state index in [9.17, 15) is 0 Å². The van der Waals surface area contributed by atoms with Gasteiger partial charge in [-0.05, 0) is 12.0 Å². The van der Waals surface area contributed by atoms with Gasteiger partial charge in [-0.15, -0.1) is 0 Å². The fourth-order valence-corrected chi connectivity index (χ4v) is 0.693. The number of rotatable bonds is 4. The Labute approximate surface area is 59.1 Å². The highest BCUT2D eigenvalue weighted by Crippen LogP contribution is 2.04. The summed E-state index contributed by atoms with van der Waals surface area (Å²) in [5.41, 5.74) is 1.27. The highest BCUT2D eigenvalue weighted by molar-refractivity contribution is 5.20. The fraction of sp³-hybridized carbons (Fsp3) is 0.333. The molecule has 0 aromatic heterocycles. The highest BCUT2D eigenvalue weighted by Gasteiger charge is 1.84. The Morgan fingerprint density at radius 1 is 1.56 bits per heavy atom. The first-order valence-corrected chi connectivity index (χ1v) is 3.29. The van der Waals surface area contributed by atoms with Gasteiger partial charge in [-0.25, -0.2) is 0 Å². The Kier molecular flexibility index (Phi) is 4.89. The monoisotopic (exact) mass is 124 g/mol. The molecule has 0 aliphatic rings. The number of hydrogen-bond donors (Lipinski definition) is 0. The predicted molar refractivity (Wildman–Crippen MR) is 45.5 cm³/mol. The first-order chi connectivity index (χ1) is 4.35. The summed E-state index contributed by atoms with van der Waals surface area (Å²) in [6.45, 7) is 9.44. The Bertz CT molecular complexity index is 123. The van der Waals surface area contributed by atoms with Crippen LogP contribution < -0.4 is 0 Å². The minimum Gasteiger partial charge on any atom is -0.0991 e. The normalized spacial score (nSPS) is 11.0. The largest absolute Gasteiger partial charge is 0.0991 e. The van der Waals surface area contributed by atoms with Crippen LogP contribution in [0.25, 0.3) is 0 Å². The molecular weight excluding hydrogens is 108 g/mol. The average molecular weight is 124 g/mol. The molecule has 0 aliphatic heterocycles. The molecule has 0 heteroatoms. The van der Waals surface area contributed by atoms with Crippen LogP contribution in [0, 0.1) is 0 Å². The van der Waals surface area contributed by atoms with E-state index in [1.54, 1.807) is 6.08 Å². The van der Waals surface area contributed by atoms with Crippen molar-refractivity contribution < 1.29 is 1.43 Å². The molecule has 0 aromatic carbocycles. The topological polar surface area (TPSA) is 0 Å². The van der Waals surface area contributed by atoms with Gasteiger partial charge < -0.3 is 0 Å². The van der Waals surface area contributed by atoms with Crippen LogP contribution in [-0.4, -0.2) is 0 Å². The smallest absolute Gasteiger partial charge is 0 e. The Hall–Kier alpha value is -0.780. The molecule has 0 amide bonds. The molecule has 0 spiro atoms. The molecule has 0 fully saturated rings. The third-order valence-corrected chi connectivity index (χ3v) is 1.13. The molecule has 0 radical (unpaired) electrons. The van der Waals surface area contributed by atoms with Crippen molar-refractivity contribution in [1.82, 2.24) is 0 Å². The Morgan fingerprint density at radius 3 is 2.56 bits per heavy atom. The van der Waals surface area contributed by atoms with Crippen LogP contribution in [0.2, 0.25) is 0 Å². The van der Waals surface area contributed by atoms with E-state index in [1.807, 2.05) is 12.2 Å². The molecule has 0 rings (SSSR count). The lowest BCUT2D eigenvalue weighted by Gasteiger charge is -1.93. The van der Waals surface area contributed by atoms with E-state index in [4.69, 9.17) is 0 Å². The van der Waals surface area contributed by atoms with Gasteiger partial charge in [-0.3, -0.25) is 0 Å². The van der Waals surface area contributed by atoms with Gasteiger partial charge in [0, 0.05) is 1.43 Å². The number of hydrogen-bond acceptors (Lipinski definition) is 0. The molecule has 0 aromatic rings. The summed E-state index contributed by atoms with van der Waals surface area (Å²) >= 11 is 0. The lowest BCUT2D eigenvalue weighted by atomic mass is 10.1.